The smallest absolute Gasteiger partial charge is 0.183 e. The summed E-state index contributed by atoms with van der Waals surface area (Å²) in [5.74, 6) is 0. The molecule has 0 aliphatic rings. The van der Waals surface area contributed by atoms with Crippen molar-refractivity contribution >= 4 is 23.2 Å². The minimum Gasteiger partial charge on any atom is -0.418 e. The van der Waals surface area contributed by atoms with E-state index in [-0.39, 0.29) is 10.9 Å². The highest BCUT2D eigenvalue weighted by Gasteiger charge is 2.22. The Kier molecular flexibility index (Phi) is 5.51. The van der Waals surface area contributed by atoms with E-state index in [1.54, 1.807) is 0 Å². The van der Waals surface area contributed by atoms with Crippen LogP contribution >= 0.6 is 23.2 Å². The number of alkyl halides is 2. The molecule has 0 aliphatic heterocycles. The molecule has 1 atom stereocenters. The van der Waals surface area contributed by atoms with Gasteiger partial charge in [-0.15, -0.1) is 0 Å². The molecule has 0 heterocycles. The third-order valence-corrected chi connectivity index (χ3v) is 2.33. The monoisotopic (exact) mass is 185 g/mol. The Morgan fingerprint density at radius 3 is 1.70 bits per heavy atom. The van der Waals surface area contributed by atoms with Gasteiger partial charge in [0.05, 0.1) is 0 Å². The van der Waals surface area contributed by atoms with Crippen molar-refractivity contribution in [1.29, 1.82) is 0 Å². The van der Waals surface area contributed by atoms with E-state index in [0.717, 1.165) is 13.2 Å². The number of hydrogen-bond donors (Lipinski definition) is 0. The van der Waals surface area contributed by atoms with Gasteiger partial charge in [-0.05, 0) is 0 Å². The number of rotatable bonds is 4. The third kappa shape index (κ3) is 3.09. The average Bonchev–Trinajstić information content (AvgIpc) is 1.90. The molecule has 0 aromatic carbocycles. The molecule has 0 aromatic rings. The molecular weight excluding hydrogens is 171 g/mol. The van der Waals surface area contributed by atoms with E-state index in [2.05, 4.69) is 18.2 Å². The molecule has 0 aliphatic carbocycles. The van der Waals surface area contributed by atoms with Crippen molar-refractivity contribution in [1.82, 2.24) is 0 Å². The minimum absolute atomic E-state index is 0.179. The molecule has 0 saturated heterocycles. The molecule has 0 fully saturated rings. The first-order valence-corrected chi connectivity index (χ1v) is 4.45. The van der Waals surface area contributed by atoms with Crippen molar-refractivity contribution in [2.75, 3.05) is 13.2 Å². The normalized spacial score (nSPS) is 14.7. The summed E-state index contributed by atoms with van der Waals surface area (Å²) in [6.45, 7) is 7.99. The summed E-state index contributed by atoms with van der Waals surface area (Å²) in [5, 5.41) is 0. The Morgan fingerprint density at radius 2 is 1.60 bits per heavy atom. The van der Waals surface area contributed by atoms with E-state index in [1.165, 1.54) is 0 Å². The molecule has 0 spiro atoms. The maximum atomic E-state index is 5.68. The Balaban J connectivity index is 3.76. The van der Waals surface area contributed by atoms with E-state index in [0.29, 0.717) is 0 Å². The summed E-state index contributed by atoms with van der Waals surface area (Å²) in [5.41, 5.74) is 0. The molecule has 0 aromatic heterocycles. The first-order valence-electron chi connectivity index (χ1n) is 3.57. The van der Waals surface area contributed by atoms with Crippen LogP contribution in [0.15, 0.2) is 0 Å². The van der Waals surface area contributed by atoms with Gasteiger partial charge in [-0.2, -0.15) is 0 Å². The van der Waals surface area contributed by atoms with Crippen LogP contribution < -0.4 is 0 Å². The molecule has 10 heavy (non-hydrogen) atoms. The second-order valence-electron chi connectivity index (χ2n) is 2.15. The molecular formula is C7H15Cl2O+. The highest BCUT2D eigenvalue weighted by molar-refractivity contribution is 6.44. The Morgan fingerprint density at radius 1 is 1.20 bits per heavy atom. The fourth-order valence-electron chi connectivity index (χ4n) is 0.875. The highest BCUT2D eigenvalue weighted by Crippen LogP contribution is 2.16. The second kappa shape index (κ2) is 5.22. The molecule has 0 bridgehead atoms. The van der Waals surface area contributed by atoms with Gasteiger partial charge in [0.25, 0.3) is 0 Å². The first-order chi connectivity index (χ1) is 4.63. The topological polar surface area (TPSA) is 2.70 Å². The summed E-state index contributed by atoms with van der Waals surface area (Å²) in [6, 6.07) is 0. The molecule has 0 saturated carbocycles. The van der Waals surface area contributed by atoms with Crippen molar-refractivity contribution in [3.63, 3.8) is 0 Å². The van der Waals surface area contributed by atoms with Gasteiger partial charge < -0.3 is 4.37 Å². The predicted octanol–water partition coefficient (Wildman–Crippen LogP) is 2.77. The van der Waals surface area contributed by atoms with Gasteiger partial charge in [-0.25, -0.2) is 0 Å². The van der Waals surface area contributed by atoms with Crippen molar-refractivity contribution in [2.45, 2.75) is 31.7 Å². The standard InChI is InChI=1S/C7H15Cl2O/c1-4-10(5-2)6(3)7(8)9/h6-7H,4-5H2,1-3H3/q+1. The van der Waals surface area contributed by atoms with Crippen LogP contribution in [0, 0.1) is 0 Å². The van der Waals surface area contributed by atoms with Gasteiger partial charge in [-0.1, -0.05) is 23.2 Å². The fourth-order valence-corrected chi connectivity index (χ4v) is 1.17. The lowest BCUT2D eigenvalue weighted by Crippen LogP contribution is -2.29. The largest absolute Gasteiger partial charge is 0.418 e. The number of hydrogen-bond acceptors (Lipinski definition) is 0. The molecule has 0 radical (unpaired) electrons. The molecule has 0 amide bonds. The minimum atomic E-state index is -0.315. The van der Waals surface area contributed by atoms with E-state index >= 15 is 0 Å². The van der Waals surface area contributed by atoms with Crippen molar-refractivity contribution < 1.29 is 4.37 Å². The van der Waals surface area contributed by atoms with Crippen LogP contribution in [0.3, 0.4) is 0 Å². The van der Waals surface area contributed by atoms with Crippen LogP contribution in [0.4, 0.5) is 0 Å². The van der Waals surface area contributed by atoms with Gasteiger partial charge in [0.2, 0.25) is 0 Å². The van der Waals surface area contributed by atoms with Crippen LogP contribution in [-0.2, 0) is 4.37 Å². The SMILES string of the molecule is CC[O+](CC)C(C)C(Cl)Cl. The van der Waals surface area contributed by atoms with Gasteiger partial charge in [0, 0.05) is 20.8 Å². The summed E-state index contributed by atoms with van der Waals surface area (Å²) >= 11 is 11.4. The zero-order valence-electron chi connectivity index (χ0n) is 6.73. The van der Waals surface area contributed by atoms with Gasteiger partial charge >= 0.3 is 0 Å². The van der Waals surface area contributed by atoms with Crippen molar-refractivity contribution in [3.8, 4) is 0 Å². The van der Waals surface area contributed by atoms with Crippen LogP contribution in [0.25, 0.3) is 0 Å². The van der Waals surface area contributed by atoms with Crippen molar-refractivity contribution in [3.05, 3.63) is 0 Å². The van der Waals surface area contributed by atoms with Crippen LogP contribution in [0.5, 0.6) is 0 Å². The quantitative estimate of drug-likeness (QED) is 0.469. The lowest BCUT2D eigenvalue weighted by molar-refractivity contribution is -0.167. The lowest BCUT2D eigenvalue weighted by Gasteiger charge is -2.23. The molecule has 3 heteroatoms. The highest BCUT2D eigenvalue weighted by atomic mass is 35.5. The number of halogens is 2. The summed E-state index contributed by atoms with van der Waals surface area (Å²) in [4.78, 5) is -0.315. The molecule has 0 rings (SSSR count). The third-order valence-electron chi connectivity index (χ3n) is 1.62. The first kappa shape index (κ1) is 10.5. The van der Waals surface area contributed by atoms with E-state index in [4.69, 9.17) is 23.2 Å². The maximum Gasteiger partial charge on any atom is 0.183 e. The van der Waals surface area contributed by atoms with E-state index < -0.39 is 0 Å². The lowest BCUT2D eigenvalue weighted by atomic mass is 10.4. The van der Waals surface area contributed by atoms with Crippen LogP contribution in [0.2, 0.25) is 0 Å². The zero-order chi connectivity index (χ0) is 8.15. The molecule has 62 valence electrons. The van der Waals surface area contributed by atoms with E-state index in [1.807, 2.05) is 6.92 Å². The van der Waals surface area contributed by atoms with Gasteiger partial charge in [-0.3, -0.25) is 0 Å². The fraction of sp³-hybridized carbons (Fsp3) is 1.00. The van der Waals surface area contributed by atoms with Crippen LogP contribution in [-0.4, -0.2) is 24.2 Å². The second-order valence-corrected chi connectivity index (χ2v) is 3.32. The predicted molar refractivity (Wildman–Crippen MR) is 47.1 cm³/mol. The average molecular weight is 186 g/mol. The van der Waals surface area contributed by atoms with Gasteiger partial charge in [0.15, 0.2) is 10.9 Å². The summed E-state index contributed by atoms with van der Waals surface area (Å²) in [7, 11) is 0. The molecule has 0 N–H and O–H groups in total. The molecule has 1 unspecified atom stereocenters. The van der Waals surface area contributed by atoms with Crippen LogP contribution in [0.1, 0.15) is 20.8 Å². The zero-order valence-corrected chi connectivity index (χ0v) is 8.24. The Labute approximate surface area is 73.0 Å². The Bertz CT molecular complexity index is 81.7. The molecule has 1 nitrogen and oxygen atoms in total. The summed E-state index contributed by atoms with van der Waals surface area (Å²) < 4.78 is 3.00. The van der Waals surface area contributed by atoms with Gasteiger partial charge in [0.1, 0.15) is 13.2 Å². The Hall–Kier alpha value is 0.540. The van der Waals surface area contributed by atoms with E-state index in [9.17, 15) is 0 Å². The summed E-state index contributed by atoms with van der Waals surface area (Å²) in [6.07, 6.45) is 0.179. The van der Waals surface area contributed by atoms with Crippen molar-refractivity contribution in [2.24, 2.45) is 0 Å². The maximum absolute atomic E-state index is 5.68.